The average molecular weight is 210 g/mol. The molecule has 4 nitrogen and oxygen atoms in total. The molecule has 2 atom stereocenters. The lowest BCUT2D eigenvalue weighted by atomic mass is 10.2. The number of hydrogen-bond donors (Lipinski definition) is 1. The zero-order valence-corrected chi connectivity index (χ0v) is 9.16. The van der Waals surface area contributed by atoms with Crippen LogP contribution in [0.25, 0.3) is 0 Å². The first kappa shape index (κ1) is 10.9. The maximum Gasteiger partial charge on any atom is 0.170 e. The first-order valence-corrected chi connectivity index (χ1v) is 5.65. The molecule has 1 spiro atoms. The fraction of sp³-hybridized carbons (Fsp3) is 0.909. The van der Waals surface area contributed by atoms with Crippen molar-refractivity contribution in [3.63, 3.8) is 0 Å². The molecule has 1 saturated carbocycles. The molecule has 2 unspecified atom stereocenters. The summed E-state index contributed by atoms with van der Waals surface area (Å²) in [6.45, 7) is 3.49. The Morgan fingerprint density at radius 1 is 1.53 bits per heavy atom. The summed E-state index contributed by atoms with van der Waals surface area (Å²) in [6.07, 6.45) is 3.54. The van der Waals surface area contributed by atoms with Crippen LogP contribution in [0.15, 0.2) is 0 Å². The average Bonchev–Trinajstić information content (AvgIpc) is 2.79. The van der Waals surface area contributed by atoms with Gasteiger partial charge in [0.1, 0.15) is 0 Å². The van der Waals surface area contributed by atoms with Gasteiger partial charge in [0.05, 0.1) is 25.7 Å². The number of nitrogens with one attached hydrogen (secondary N) is 1. The van der Waals surface area contributed by atoms with Crippen molar-refractivity contribution in [2.75, 3.05) is 13.2 Å². The normalized spacial score (nSPS) is 30.5. The van der Waals surface area contributed by atoms with Crippen molar-refractivity contribution in [3.8, 4) is 6.07 Å². The molecule has 1 aliphatic heterocycles. The van der Waals surface area contributed by atoms with Crippen molar-refractivity contribution >= 4 is 0 Å². The van der Waals surface area contributed by atoms with E-state index in [0.717, 1.165) is 32.5 Å². The van der Waals surface area contributed by atoms with Gasteiger partial charge in [-0.25, -0.2) is 0 Å². The van der Waals surface area contributed by atoms with E-state index in [0.29, 0.717) is 12.5 Å². The fourth-order valence-electron chi connectivity index (χ4n) is 2.47. The van der Waals surface area contributed by atoms with E-state index in [9.17, 15) is 0 Å². The van der Waals surface area contributed by atoms with Gasteiger partial charge < -0.3 is 14.8 Å². The molecule has 2 aliphatic rings. The summed E-state index contributed by atoms with van der Waals surface area (Å²) >= 11 is 0. The molecule has 2 rings (SSSR count). The van der Waals surface area contributed by atoms with Gasteiger partial charge in [0.25, 0.3) is 0 Å². The highest BCUT2D eigenvalue weighted by Gasteiger charge is 2.44. The number of hydrogen-bond acceptors (Lipinski definition) is 4. The highest BCUT2D eigenvalue weighted by molar-refractivity contribution is 4.91. The topological polar surface area (TPSA) is 54.3 Å². The molecule has 0 bridgehead atoms. The Balaban J connectivity index is 1.80. The monoisotopic (exact) mass is 210 g/mol. The third kappa shape index (κ3) is 2.49. The summed E-state index contributed by atoms with van der Waals surface area (Å²) in [6, 6.07) is 2.87. The molecule has 1 heterocycles. The van der Waals surface area contributed by atoms with Crippen LogP contribution in [0.4, 0.5) is 0 Å². The van der Waals surface area contributed by atoms with Crippen LogP contribution in [0.2, 0.25) is 0 Å². The Morgan fingerprint density at radius 3 is 2.93 bits per heavy atom. The molecule has 15 heavy (non-hydrogen) atoms. The van der Waals surface area contributed by atoms with Crippen molar-refractivity contribution in [2.24, 2.45) is 0 Å². The van der Waals surface area contributed by atoms with E-state index >= 15 is 0 Å². The molecule has 0 aromatic carbocycles. The van der Waals surface area contributed by atoms with Gasteiger partial charge in [0.15, 0.2) is 5.79 Å². The van der Waals surface area contributed by atoms with Crippen LogP contribution in [-0.2, 0) is 9.47 Å². The number of nitrogens with zero attached hydrogens (tertiary/aromatic N) is 1. The quantitative estimate of drug-likeness (QED) is 0.759. The third-order valence-corrected chi connectivity index (χ3v) is 3.16. The Morgan fingerprint density at radius 2 is 2.27 bits per heavy atom. The number of ether oxygens (including phenoxy) is 2. The molecule has 1 saturated heterocycles. The van der Waals surface area contributed by atoms with E-state index in [1.807, 2.05) is 6.92 Å². The van der Waals surface area contributed by atoms with Gasteiger partial charge in [0.2, 0.25) is 0 Å². The summed E-state index contributed by atoms with van der Waals surface area (Å²) in [5.74, 6) is -0.302. The second-order valence-corrected chi connectivity index (χ2v) is 4.48. The lowest BCUT2D eigenvalue weighted by molar-refractivity contribution is -0.151. The van der Waals surface area contributed by atoms with Gasteiger partial charge in [-0.05, 0) is 13.3 Å². The Kier molecular flexibility index (Phi) is 3.25. The van der Waals surface area contributed by atoms with Gasteiger partial charge in [0, 0.05) is 24.9 Å². The minimum atomic E-state index is -0.302. The standard InChI is InChI=1S/C11H18N2O2/c1-9(3-5-12)13-10-2-4-11(8-10)14-6-7-15-11/h9-10,13H,2-4,6-8H2,1H3. The summed E-state index contributed by atoms with van der Waals surface area (Å²) < 4.78 is 11.3. The smallest absolute Gasteiger partial charge is 0.170 e. The van der Waals surface area contributed by atoms with Crippen LogP contribution < -0.4 is 5.32 Å². The highest BCUT2D eigenvalue weighted by Crippen LogP contribution is 2.37. The van der Waals surface area contributed by atoms with Gasteiger partial charge in [-0.3, -0.25) is 0 Å². The lowest BCUT2D eigenvalue weighted by Crippen LogP contribution is -2.37. The predicted molar refractivity (Wildman–Crippen MR) is 55.1 cm³/mol. The highest BCUT2D eigenvalue weighted by atomic mass is 16.7. The van der Waals surface area contributed by atoms with Crippen molar-refractivity contribution in [3.05, 3.63) is 0 Å². The fourth-order valence-corrected chi connectivity index (χ4v) is 2.47. The zero-order valence-electron chi connectivity index (χ0n) is 9.16. The molecule has 0 amide bonds. The van der Waals surface area contributed by atoms with E-state index in [4.69, 9.17) is 14.7 Å². The maximum absolute atomic E-state index is 8.58. The summed E-state index contributed by atoms with van der Waals surface area (Å²) in [5, 5.41) is 12.0. The molecule has 1 aliphatic carbocycles. The Hall–Kier alpha value is -0.630. The van der Waals surface area contributed by atoms with Crippen LogP contribution in [0, 0.1) is 11.3 Å². The van der Waals surface area contributed by atoms with Gasteiger partial charge in [-0.1, -0.05) is 0 Å². The van der Waals surface area contributed by atoms with Crippen LogP contribution in [0.1, 0.15) is 32.6 Å². The van der Waals surface area contributed by atoms with E-state index in [2.05, 4.69) is 11.4 Å². The lowest BCUT2D eigenvalue weighted by Gasteiger charge is -2.22. The van der Waals surface area contributed by atoms with E-state index in [1.165, 1.54) is 0 Å². The van der Waals surface area contributed by atoms with Crippen molar-refractivity contribution < 1.29 is 9.47 Å². The minimum Gasteiger partial charge on any atom is -0.347 e. The number of nitriles is 1. The van der Waals surface area contributed by atoms with Gasteiger partial charge >= 0.3 is 0 Å². The van der Waals surface area contributed by atoms with E-state index < -0.39 is 0 Å². The Labute approximate surface area is 90.5 Å². The molecule has 0 aromatic rings. The van der Waals surface area contributed by atoms with Crippen LogP contribution >= 0.6 is 0 Å². The van der Waals surface area contributed by atoms with Crippen LogP contribution in [0.3, 0.4) is 0 Å². The molecule has 2 fully saturated rings. The SMILES string of the molecule is CC(CC#N)NC1CCC2(C1)OCCO2. The largest absolute Gasteiger partial charge is 0.347 e. The summed E-state index contributed by atoms with van der Waals surface area (Å²) in [5.41, 5.74) is 0. The maximum atomic E-state index is 8.58. The summed E-state index contributed by atoms with van der Waals surface area (Å²) in [4.78, 5) is 0. The van der Waals surface area contributed by atoms with Crippen LogP contribution in [0.5, 0.6) is 0 Å². The zero-order chi connectivity index (χ0) is 10.7. The van der Waals surface area contributed by atoms with Gasteiger partial charge in [-0.15, -0.1) is 0 Å². The predicted octanol–water partition coefficient (Wildman–Crippen LogP) is 1.17. The number of rotatable bonds is 3. The Bertz CT molecular complexity index is 256. The van der Waals surface area contributed by atoms with Crippen LogP contribution in [-0.4, -0.2) is 31.1 Å². The second-order valence-electron chi connectivity index (χ2n) is 4.48. The van der Waals surface area contributed by atoms with E-state index in [1.54, 1.807) is 0 Å². The molecular weight excluding hydrogens is 192 g/mol. The van der Waals surface area contributed by atoms with Crippen molar-refractivity contribution in [1.82, 2.24) is 5.32 Å². The first-order valence-electron chi connectivity index (χ1n) is 5.65. The van der Waals surface area contributed by atoms with E-state index in [-0.39, 0.29) is 11.8 Å². The minimum absolute atomic E-state index is 0.261. The second kappa shape index (κ2) is 4.48. The summed E-state index contributed by atoms with van der Waals surface area (Å²) in [7, 11) is 0. The molecule has 84 valence electrons. The van der Waals surface area contributed by atoms with Crippen molar-refractivity contribution in [2.45, 2.75) is 50.5 Å². The van der Waals surface area contributed by atoms with Crippen molar-refractivity contribution in [1.29, 1.82) is 5.26 Å². The van der Waals surface area contributed by atoms with Gasteiger partial charge in [-0.2, -0.15) is 5.26 Å². The third-order valence-electron chi connectivity index (χ3n) is 3.16. The molecule has 1 N–H and O–H groups in total. The molecule has 0 radical (unpaired) electrons. The molecular formula is C11H18N2O2. The first-order chi connectivity index (χ1) is 7.24. The molecule has 0 aromatic heterocycles. The molecule has 4 heteroatoms.